The Bertz CT molecular complexity index is 1030. The number of halogens is 2. The van der Waals surface area contributed by atoms with E-state index in [-0.39, 0.29) is 17.4 Å². The van der Waals surface area contributed by atoms with Gasteiger partial charge in [0.25, 0.3) is 0 Å². The van der Waals surface area contributed by atoms with Gasteiger partial charge in [-0.05, 0) is 116 Å². The first-order chi connectivity index (χ1) is 17.2. The molecule has 1 aromatic carbocycles. The number of nitrogens with zero attached hydrogens (tertiary/aromatic N) is 1. The fraction of sp³-hybridized carbons (Fsp3) is 0.774. The minimum absolute atomic E-state index is 0.0298. The summed E-state index contributed by atoms with van der Waals surface area (Å²) >= 11 is 0. The third kappa shape index (κ3) is 3.77. The molecule has 0 aromatic heterocycles. The molecule has 8 unspecified atom stereocenters. The summed E-state index contributed by atoms with van der Waals surface area (Å²) in [6.07, 6.45) is 14.1. The van der Waals surface area contributed by atoms with Crippen molar-refractivity contribution in [3.8, 4) is 0 Å². The first kappa shape index (κ1) is 24.8. The molecule has 0 saturated heterocycles. The molecule has 0 bridgehead atoms. The van der Waals surface area contributed by atoms with E-state index in [9.17, 15) is 18.7 Å². The van der Waals surface area contributed by atoms with E-state index in [1.54, 1.807) is 4.90 Å². The SMILES string of the molecule is CC12CCC3C(C(O)CC4CCCCC43C)C1CCC2CCCC(=O)N1CCc2cc(F)c(F)cc21. The van der Waals surface area contributed by atoms with Crippen LogP contribution < -0.4 is 4.90 Å². The third-order valence-corrected chi connectivity index (χ3v) is 12.1. The normalized spacial score (nSPS) is 41.4. The number of carbonyl (C=O) groups excluding carboxylic acids is 1. The Morgan fingerprint density at radius 3 is 2.64 bits per heavy atom. The van der Waals surface area contributed by atoms with Gasteiger partial charge in [0.15, 0.2) is 11.6 Å². The highest BCUT2D eigenvalue weighted by atomic mass is 19.2. The second-order valence-electron chi connectivity index (χ2n) is 13.4. The van der Waals surface area contributed by atoms with Gasteiger partial charge in [-0.2, -0.15) is 0 Å². The number of benzene rings is 1. The van der Waals surface area contributed by atoms with Gasteiger partial charge < -0.3 is 10.0 Å². The van der Waals surface area contributed by atoms with Crippen LogP contribution in [0.3, 0.4) is 0 Å². The summed E-state index contributed by atoms with van der Waals surface area (Å²) in [7, 11) is 0. The predicted octanol–water partition coefficient (Wildman–Crippen LogP) is 7.04. The maximum atomic E-state index is 13.8. The van der Waals surface area contributed by atoms with Crippen LogP contribution in [0.1, 0.15) is 96.5 Å². The van der Waals surface area contributed by atoms with Gasteiger partial charge >= 0.3 is 0 Å². The molecule has 1 aliphatic heterocycles. The van der Waals surface area contributed by atoms with Crippen molar-refractivity contribution in [3.63, 3.8) is 0 Å². The van der Waals surface area contributed by atoms with Crippen molar-refractivity contribution in [3.05, 3.63) is 29.3 Å². The topological polar surface area (TPSA) is 40.5 Å². The van der Waals surface area contributed by atoms with E-state index < -0.39 is 11.6 Å². The van der Waals surface area contributed by atoms with Crippen molar-refractivity contribution in [2.45, 2.75) is 103 Å². The highest BCUT2D eigenvalue weighted by molar-refractivity contribution is 5.95. The average Bonchev–Trinajstić information content (AvgIpc) is 3.40. The lowest BCUT2D eigenvalue weighted by Gasteiger charge is -2.62. The Hall–Kier alpha value is -1.49. The van der Waals surface area contributed by atoms with Gasteiger partial charge in [-0.3, -0.25) is 4.79 Å². The summed E-state index contributed by atoms with van der Waals surface area (Å²) < 4.78 is 27.4. The minimum atomic E-state index is -0.882. The van der Waals surface area contributed by atoms with Crippen LogP contribution in [0.5, 0.6) is 0 Å². The fourth-order valence-electron chi connectivity index (χ4n) is 10.1. The van der Waals surface area contributed by atoms with Crippen molar-refractivity contribution in [2.75, 3.05) is 11.4 Å². The molecule has 4 saturated carbocycles. The van der Waals surface area contributed by atoms with Crippen molar-refractivity contribution < 1.29 is 18.7 Å². The lowest BCUT2D eigenvalue weighted by Crippen LogP contribution is -2.57. The lowest BCUT2D eigenvalue weighted by atomic mass is 9.44. The molecular formula is C31H43F2NO2. The zero-order chi connectivity index (χ0) is 25.2. The van der Waals surface area contributed by atoms with Gasteiger partial charge in [-0.1, -0.05) is 26.7 Å². The first-order valence-electron chi connectivity index (χ1n) is 14.7. The van der Waals surface area contributed by atoms with Crippen LogP contribution in [0.4, 0.5) is 14.5 Å². The molecule has 0 radical (unpaired) electrons. The summed E-state index contributed by atoms with van der Waals surface area (Å²) in [5.41, 5.74) is 1.96. The van der Waals surface area contributed by atoms with Crippen LogP contribution in [-0.2, 0) is 11.2 Å². The maximum absolute atomic E-state index is 13.8. The number of aliphatic hydroxyl groups excluding tert-OH is 1. The van der Waals surface area contributed by atoms with Crippen LogP contribution in [0.2, 0.25) is 0 Å². The molecule has 4 fully saturated rings. The highest BCUT2D eigenvalue weighted by Crippen LogP contribution is 2.67. The number of hydrogen-bond donors (Lipinski definition) is 1. The van der Waals surface area contributed by atoms with E-state index in [2.05, 4.69) is 13.8 Å². The van der Waals surface area contributed by atoms with Crippen LogP contribution in [0.25, 0.3) is 0 Å². The van der Waals surface area contributed by atoms with Crippen LogP contribution in [0.15, 0.2) is 12.1 Å². The van der Waals surface area contributed by atoms with Crippen LogP contribution >= 0.6 is 0 Å². The van der Waals surface area contributed by atoms with E-state index in [1.165, 1.54) is 63.5 Å². The number of rotatable bonds is 4. The van der Waals surface area contributed by atoms with E-state index in [4.69, 9.17) is 0 Å². The molecular weight excluding hydrogens is 456 g/mol. The quantitative estimate of drug-likeness (QED) is 0.482. The second-order valence-corrected chi connectivity index (χ2v) is 13.4. The Labute approximate surface area is 215 Å². The van der Waals surface area contributed by atoms with Gasteiger partial charge in [0.05, 0.1) is 6.10 Å². The van der Waals surface area contributed by atoms with Crippen molar-refractivity contribution in [1.82, 2.24) is 0 Å². The highest BCUT2D eigenvalue weighted by Gasteiger charge is 2.61. The largest absolute Gasteiger partial charge is 0.393 e. The van der Waals surface area contributed by atoms with Gasteiger partial charge in [-0.25, -0.2) is 8.78 Å². The minimum Gasteiger partial charge on any atom is -0.393 e. The van der Waals surface area contributed by atoms with E-state index in [0.29, 0.717) is 60.1 Å². The zero-order valence-electron chi connectivity index (χ0n) is 22.1. The van der Waals surface area contributed by atoms with Crippen molar-refractivity contribution >= 4 is 11.6 Å². The van der Waals surface area contributed by atoms with Gasteiger partial charge in [-0.15, -0.1) is 0 Å². The summed E-state index contributed by atoms with van der Waals surface area (Å²) in [6, 6.07) is 2.42. The monoisotopic (exact) mass is 499 g/mol. The van der Waals surface area contributed by atoms with E-state index in [0.717, 1.165) is 24.8 Å². The zero-order valence-corrected chi connectivity index (χ0v) is 22.1. The Morgan fingerprint density at radius 1 is 1.03 bits per heavy atom. The van der Waals surface area contributed by atoms with Gasteiger partial charge in [0, 0.05) is 24.7 Å². The maximum Gasteiger partial charge on any atom is 0.226 e. The summed E-state index contributed by atoms with van der Waals surface area (Å²) in [5.74, 6) is 1.35. The molecule has 1 N–H and O–H groups in total. The molecule has 36 heavy (non-hydrogen) atoms. The molecule has 3 nitrogen and oxygen atoms in total. The van der Waals surface area contributed by atoms with Crippen LogP contribution in [0, 0.1) is 52.1 Å². The second kappa shape index (κ2) is 9.06. The Morgan fingerprint density at radius 2 is 1.81 bits per heavy atom. The predicted molar refractivity (Wildman–Crippen MR) is 137 cm³/mol. The first-order valence-corrected chi connectivity index (χ1v) is 14.7. The molecule has 5 heteroatoms. The number of hydrogen-bond acceptors (Lipinski definition) is 2. The third-order valence-electron chi connectivity index (χ3n) is 12.1. The Kier molecular flexibility index (Phi) is 6.25. The number of aliphatic hydroxyl groups is 1. The van der Waals surface area contributed by atoms with Crippen molar-refractivity contribution in [2.24, 2.45) is 40.4 Å². The Balaban J connectivity index is 1.10. The van der Waals surface area contributed by atoms with Crippen molar-refractivity contribution in [1.29, 1.82) is 0 Å². The lowest BCUT2D eigenvalue weighted by molar-refractivity contribution is -0.162. The van der Waals surface area contributed by atoms with Gasteiger partial charge in [0.2, 0.25) is 5.91 Å². The van der Waals surface area contributed by atoms with E-state index in [1.807, 2.05) is 0 Å². The summed E-state index contributed by atoms with van der Waals surface area (Å²) in [5, 5.41) is 11.4. The molecule has 8 atom stereocenters. The molecule has 4 aliphatic carbocycles. The fourth-order valence-corrected chi connectivity index (χ4v) is 10.1. The molecule has 1 amide bonds. The number of anilines is 1. The number of amides is 1. The molecule has 5 aliphatic rings. The average molecular weight is 500 g/mol. The molecule has 0 spiro atoms. The number of fused-ring (bicyclic) bond motifs is 6. The van der Waals surface area contributed by atoms with E-state index >= 15 is 0 Å². The van der Waals surface area contributed by atoms with Gasteiger partial charge in [0.1, 0.15) is 0 Å². The number of carbonyl (C=O) groups is 1. The molecule has 6 rings (SSSR count). The summed E-state index contributed by atoms with van der Waals surface area (Å²) in [6.45, 7) is 5.56. The standard InChI is InChI=1S/C31H43F2NO2/c1-30-13-4-3-6-21(30)17-27(35)29-22-10-9-20(31(22,2)14-11-23(29)30)7-5-8-28(36)34-15-12-19-16-24(32)25(33)18-26(19)34/h16,18,20-23,27,29,35H,3-15,17H2,1-2H3. The smallest absolute Gasteiger partial charge is 0.226 e. The summed E-state index contributed by atoms with van der Waals surface area (Å²) in [4.78, 5) is 14.7. The molecule has 1 aromatic rings. The van der Waals surface area contributed by atoms with Crippen LogP contribution in [-0.4, -0.2) is 23.7 Å². The molecule has 1 heterocycles. The molecule has 198 valence electrons.